The number of carbonyl (C=O) groups excluding carboxylic acids is 2. The average molecular weight is 307 g/mol. The molecule has 120 valence electrons. The van der Waals surface area contributed by atoms with Gasteiger partial charge in [-0.05, 0) is 6.07 Å². The second-order valence-corrected chi connectivity index (χ2v) is 4.47. The molecule has 0 aliphatic rings. The van der Waals surface area contributed by atoms with Gasteiger partial charge in [-0.1, -0.05) is 30.4 Å². The van der Waals surface area contributed by atoms with E-state index in [1.54, 1.807) is 12.0 Å². The number of nitrogens with zero attached hydrogens (tertiary/aromatic N) is 1. The minimum absolute atomic E-state index is 0.0157. The maximum absolute atomic E-state index is 11.4. The van der Waals surface area contributed by atoms with Crippen LogP contribution in [0.1, 0.15) is 5.56 Å². The summed E-state index contributed by atoms with van der Waals surface area (Å²) in [5, 5.41) is 0. The Labute approximate surface area is 130 Å². The molecule has 0 saturated carbocycles. The van der Waals surface area contributed by atoms with Gasteiger partial charge in [-0.15, -0.1) is 0 Å². The minimum atomic E-state index is -0.408. The van der Waals surface area contributed by atoms with E-state index in [-0.39, 0.29) is 13.1 Å². The van der Waals surface area contributed by atoms with Crippen molar-refractivity contribution in [2.75, 3.05) is 41.0 Å². The standard InChI is InChI=1S/C16H21NO5/c1-20-14-9-5-4-7-13(14)8-6-10-17(11-15(18)21-2)12-16(19)22-3/h4-9H,10-12H2,1-3H3/b8-6-. The lowest BCUT2D eigenvalue weighted by Crippen LogP contribution is -2.35. The zero-order valence-corrected chi connectivity index (χ0v) is 13.1. The van der Waals surface area contributed by atoms with Gasteiger partial charge in [0.1, 0.15) is 5.75 Å². The first kappa shape index (κ1) is 17.7. The molecule has 0 atom stereocenters. The summed E-state index contributed by atoms with van der Waals surface area (Å²) >= 11 is 0. The topological polar surface area (TPSA) is 65.1 Å². The maximum Gasteiger partial charge on any atom is 0.319 e. The van der Waals surface area contributed by atoms with Crippen LogP contribution in [0.5, 0.6) is 5.75 Å². The molecule has 0 aliphatic carbocycles. The van der Waals surface area contributed by atoms with E-state index in [1.807, 2.05) is 36.4 Å². The molecule has 0 amide bonds. The molecule has 0 N–H and O–H groups in total. The molecule has 0 bridgehead atoms. The summed E-state index contributed by atoms with van der Waals surface area (Å²) < 4.78 is 14.5. The van der Waals surface area contributed by atoms with Gasteiger partial charge in [0.05, 0.1) is 34.4 Å². The van der Waals surface area contributed by atoms with Crippen molar-refractivity contribution in [1.82, 2.24) is 4.90 Å². The first-order valence-electron chi connectivity index (χ1n) is 6.76. The molecule has 0 spiro atoms. The normalized spacial score (nSPS) is 10.7. The number of para-hydroxylation sites is 1. The molecule has 0 saturated heterocycles. The van der Waals surface area contributed by atoms with Crippen LogP contribution in [-0.4, -0.2) is 57.8 Å². The van der Waals surface area contributed by atoms with Crippen molar-refractivity contribution >= 4 is 18.0 Å². The van der Waals surface area contributed by atoms with Crippen molar-refractivity contribution in [3.8, 4) is 5.75 Å². The number of benzene rings is 1. The van der Waals surface area contributed by atoms with Gasteiger partial charge in [0.2, 0.25) is 0 Å². The Hall–Kier alpha value is -2.34. The average Bonchev–Trinajstić information content (AvgIpc) is 2.54. The number of hydrogen-bond donors (Lipinski definition) is 0. The summed E-state index contributed by atoms with van der Waals surface area (Å²) in [5.41, 5.74) is 0.918. The summed E-state index contributed by atoms with van der Waals surface area (Å²) in [6.07, 6.45) is 3.73. The highest BCUT2D eigenvalue weighted by Gasteiger charge is 2.14. The molecular weight excluding hydrogens is 286 g/mol. The van der Waals surface area contributed by atoms with E-state index in [4.69, 9.17) is 4.74 Å². The van der Waals surface area contributed by atoms with Crippen LogP contribution >= 0.6 is 0 Å². The predicted molar refractivity (Wildman–Crippen MR) is 82.5 cm³/mol. The highest BCUT2D eigenvalue weighted by atomic mass is 16.5. The van der Waals surface area contributed by atoms with Crippen LogP contribution in [-0.2, 0) is 19.1 Å². The van der Waals surface area contributed by atoms with Crippen molar-refractivity contribution in [2.45, 2.75) is 0 Å². The zero-order chi connectivity index (χ0) is 16.4. The number of esters is 2. The lowest BCUT2D eigenvalue weighted by Gasteiger charge is -2.17. The Kier molecular flexibility index (Phi) is 7.70. The van der Waals surface area contributed by atoms with Crippen LogP contribution in [0.15, 0.2) is 30.3 Å². The van der Waals surface area contributed by atoms with Crippen LogP contribution in [0.4, 0.5) is 0 Å². The molecule has 0 fully saturated rings. The van der Waals surface area contributed by atoms with E-state index in [1.165, 1.54) is 14.2 Å². The predicted octanol–water partition coefficient (Wildman–Crippen LogP) is 1.36. The largest absolute Gasteiger partial charge is 0.496 e. The van der Waals surface area contributed by atoms with Crippen molar-refractivity contribution in [3.05, 3.63) is 35.9 Å². The highest BCUT2D eigenvalue weighted by molar-refractivity contribution is 5.75. The van der Waals surface area contributed by atoms with Crippen LogP contribution < -0.4 is 4.74 Å². The van der Waals surface area contributed by atoms with Gasteiger partial charge in [0.25, 0.3) is 0 Å². The number of methoxy groups -OCH3 is 3. The van der Waals surface area contributed by atoms with Crippen molar-refractivity contribution in [2.24, 2.45) is 0 Å². The van der Waals surface area contributed by atoms with E-state index in [0.29, 0.717) is 6.54 Å². The molecule has 1 rings (SSSR count). The van der Waals surface area contributed by atoms with Gasteiger partial charge >= 0.3 is 11.9 Å². The quantitative estimate of drug-likeness (QED) is 0.676. The van der Waals surface area contributed by atoms with Gasteiger partial charge in [-0.2, -0.15) is 0 Å². The third kappa shape index (κ3) is 5.97. The Bertz CT molecular complexity index is 509. The fourth-order valence-corrected chi connectivity index (χ4v) is 1.81. The molecule has 0 unspecified atom stereocenters. The highest BCUT2D eigenvalue weighted by Crippen LogP contribution is 2.18. The number of ether oxygens (including phenoxy) is 3. The molecule has 6 heteroatoms. The Morgan fingerprint density at radius 2 is 1.64 bits per heavy atom. The first-order chi connectivity index (χ1) is 10.6. The van der Waals surface area contributed by atoms with Crippen LogP contribution in [0, 0.1) is 0 Å². The Morgan fingerprint density at radius 1 is 1.05 bits per heavy atom. The lowest BCUT2D eigenvalue weighted by molar-refractivity contribution is -0.145. The summed E-state index contributed by atoms with van der Waals surface area (Å²) in [7, 11) is 4.22. The molecule has 0 aromatic heterocycles. The zero-order valence-electron chi connectivity index (χ0n) is 13.1. The van der Waals surface area contributed by atoms with E-state index >= 15 is 0 Å². The number of rotatable bonds is 8. The third-order valence-electron chi connectivity index (χ3n) is 2.96. The fourth-order valence-electron chi connectivity index (χ4n) is 1.81. The molecule has 1 aromatic carbocycles. The van der Waals surface area contributed by atoms with Crippen LogP contribution in [0.3, 0.4) is 0 Å². The Morgan fingerprint density at radius 3 is 2.18 bits per heavy atom. The van der Waals surface area contributed by atoms with Crippen molar-refractivity contribution in [1.29, 1.82) is 0 Å². The smallest absolute Gasteiger partial charge is 0.319 e. The van der Waals surface area contributed by atoms with Gasteiger partial charge in [-0.25, -0.2) is 0 Å². The maximum atomic E-state index is 11.4. The Balaban J connectivity index is 2.70. The lowest BCUT2D eigenvalue weighted by atomic mass is 10.2. The first-order valence-corrected chi connectivity index (χ1v) is 6.76. The van der Waals surface area contributed by atoms with Gasteiger partial charge in [-0.3, -0.25) is 14.5 Å². The summed E-state index contributed by atoms with van der Waals surface area (Å²) in [6.45, 7) is 0.436. The van der Waals surface area contributed by atoms with Gasteiger partial charge in [0.15, 0.2) is 0 Å². The summed E-state index contributed by atoms with van der Waals surface area (Å²) in [6, 6.07) is 7.57. The van der Waals surface area contributed by atoms with Gasteiger partial charge < -0.3 is 14.2 Å². The number of carbonyl (C=O) groups is 2. The summed E-state index contributed by atoms with van der Waals surface area (Å²) in [4.78, 5) is 24.4. The molecule has 6 nitrogen and oxygen atoms in total. The second-order valence-electron chi connectivity index (χ2n) is 4.47. The van der Waals surface area contributed by atoms with E-state index in [9.17, 15) is 9.59 Å². The third-order valence-corrected chi connectivity index (χ3v) is 2.96. The second kappa shape index (κ2) is 9.57. The number of hydrogen-bond acceptors (Lipinski definition) is 6. The van der Waals surface area contributed by atoms with E-state index < -0.39 is 11.9 Å². The van der Waals surface area contributed by atoms with E-state index in [0.717, 1.165) is 11.3 Å². The summed E-state index contributed by atoms with van der Waals surface area (Å²) in [5.74, 6) is -0.0598. The molecule has 0 radical (unpaired) electrons. The minimum Gasteiger partial charge on any atom is -0.496 e. The van der Waals surface area contributed by atoms with Gasteiger partial charge in [0, 0.05) is 12.1 Å². The monoisotopic (exact) mass is 307 g/mol. The molecule has 0 heterocycles. The SMILES string of the molecule is COC(=O)CN(C/C=C\c1ccccc1OC)CC(=O)OC. The molecule has 0 aliphatic heterocycles. The van der Waals surface area contributed by atoms with E-state index in [2.05, 4.69) is 9.47 Å². The molecule has 22 heavy (non-hydrogen) atoms. The van der Waals surface area contributed by atoms with Crippen LogP contribution in [0.25, 0.3) is 6.08 Å². The van der Waals surface area contributed by atoms with Crippen LogP contribution in [0.2, 0.25) is 0 Å². The fraction of sp³-hybridized carbons (Fsp3) is 0.375. The molecular formula is C16H21NO5. The van der Waals surface area contributed by atoms with Crippen molar-refractivity contribution in [3.63, 3.8) is 0 Å². The van der Waals surface area contributed by atoms with Crippen molar-refractivity contribution < 1.29 is 23.8 Å². The molecule has 1 aromatic rings.